The van der Waals surface area contributed by atoms with Gasteiger partial charge in [-0.05, 0) is 179 Å². The molecule has 0 aromatic heterocycles. The number of methoxy groups -OCH3 is 2. The number of benzene rings is 5. The van der Waals surface area contributed by atoms with Gasteiger partial charge in [0, 0.05) is 25.1 Å². The fraction of sp³-hybridized carbons (Fsp3) is 0.417. The van der Waals surface area contributed by atoms with Crippen molar-refractivity contribution >= 4 is 155 Å². The van der Waals surface area contributed by atoms with Gasteiger partial charge in [0.2, 0.25) is 0 Å². The topological polar surface area (TPSA) is 216 Å². The third-order valence-corrected chi connectivity index (χ3v) is 11.9. The van der Waals surface area contributed by atoms with Crippen LogP contribution in [-0.2, 0) is 33.4 Å². The molecule has 88 heavy (non-hydrogen) atoms. The number of esters is 2. The molecule has 5 aromatic rings. The summed E-state index contributed by atoms with van der Waals surface area (Å²) >= 11 is 28.5. The van der Waals surface area contributed by atoms with Gasteiger partial charge in [0.05, 0.1) is 26.2 Å². The molecule has 0 radical (unpaired) electrons. The summed E-state index contributed by atoms with van der Waals surface area (Å²) in [4.78, 5) is 55.2. The summed E-state index contributed by atoms with van der Waals surface area (Å²) < 4.78 is 49.2. The predicted molar refractivity (Wildman–Crippen MR) is 361 cm³/mol. The Kier molecular flexibility index (Phi) is 64.5. The Morgan fingerprint density at radius 1 is 0.455 bits per heavy atom. The molecule has 5 aromatic carbocycles. The van der Waals surface area contributed by atoms with Gasteiger partial charge in [-0.1, -0.05) is 112 Å². The third kappa shape index (κ3) is 45.8. The summed E-state index contributed by atoms with van der Waals surface area (Å²) in [6.45, 7) is 13.5. The molecule has 0 unspecified atom stereocenters. The number of carboxylic acids is 3. The Bertz CT molecular complexity index is 2630. The van der Waals surface area contributed by atoms with E-state index in [1.807, 2.05) is 20.8 Å². The number of carboxylic acid groups (broad SMARTS) is 3. The molecule has 0 aliphatic carbocycles. The molecule has 0 aliphatic heterocycles. The SMILES string of the molecule is CC(C)C[C@H](Oc1ccc(Cl)cc1)C(=O)[O-].CCCC[C@H](Oc1ccc(Cl)cc1)C(=O)OC.CCCC[C@H](Oc1ccc(Cl)cc1)C(=O)[O-].COC(=O)[C@H](CCC(C)C)Oc1ccc(Cl)cc1.C[C@H](Oc1ccc(Cl)cc1F)C(=O)O.S.S.S.S.S.[Na+].[Na+]. The second-order valence-corrected chi connectivity index (χ2v) is 20.7. The average Bonchev–Trinajstić information content (AvgIpc) is 3.41. The quantitative estimate of drug-likeness (QED) is 0.0410. The summed E-state index contributed by atoms with van der Waals surface area (Å²) in [6.07, 6.45) is 2.76. The van der Waals surface area contributed by atoms with Crippen LogP contribution in [0.1, 0.15) is 106 Å². The number of carbonyl (C=O) groups excluding carboxylic acids is 4. The molecule has 0 fully saturated rings. The predicted octanol–water partition coefficient (Wildman–Crippen LogP) is 7.96. The van der Waals surface area contributed by atoms with Crippen molar-refractivity contribution < 1.29 is 136 Å². The van der Waals surface area contributed by atoms with Crippen LogP contribution in [0, 0.1) is 17.7 Å². The third-order valence-electron chi connectivity index (χ3n) is 10.7. The number of rotatable bonds is 26. The minimum absolute atomic E-state index is 0. The smallest absolute Gasteiger partial charge is 0.546 e. The van der Waals surface area contributed by atoms with Gasteiger partial charge in [-0.25, -0.2) is 18.8 Å². The van der Waals surface area contributed by atoms with Crippen molar-refractivity contribution in [1.29, 1.82) is 0 Å². The maximum absolute atomic E-state index is 13.1. The van der Waals surface area contributed by atoms with E-state index in [0.717, 1.165) is 38.2 Å². The summed E-state index contributed by atoms with van der Waals surface area (Å²) in [6, 6.07) is 30.8. The van der Waals surface area contributed by atoms with Crippen LogP contribution in [0.5, 0.6) is 28.7 Å². The van der Waals surface area contributed by atoms with E-state index in [1.54, 1.807) is 97.1 Å². The van der Waals surface area contributed by atoms with Crippen LogP contribution in [0.2, 0.25) is 25.1 Å². The molecule has 0 saturated heterocycles. The molecule has 0 bridgehead atoms. The molecule has 0 amide bonds. The summed E-state index contributed by atoms with van der Waals surface area (Å²) in [5.74, 6) is -2.02. The number of hydrogen-bond acceptors (Lipinski definition) is 14. The van der Waals surface area contributed by atoms with Gasteiger partial charge < -0.3 is 58.1 Å². The van der Waals surface area contributed by atoms with Crippen LogP contribution in [-0.4, -0.2) is 79.7 Å². The van der Waals surface area contributed by atoms with Gasteiger partial charge >= 0.3 is 77.0 Å². The molecule has 28 heteroatoms. The molecule has 5 atom stereocenters. The summed E-state index contributed by atoms with van der Waals surface area (Å²) in [5.41, 5.74) is 0. The maximum Gasteiger partial charge on any atom is 1.00 e. The zero-order chi connectivity index (χ0) is 61.0. The Balaban J connectivity index is -0.000000183. The molecule has 0 spiro atoms. The van der Waals surface area contributed by atoms with E-state index in [2.05, 4.69) is 20.8 Å². The van der Waals surface area contributed by atoms with Crippen LogP contribution >= 0.6 is 125 Å². The van der Waals surface area contributed by atoms with E-state index in [-0.39, 0.29) is 155 Å². The fourth-order valence-electron chi connectivity index (χ4n) is 6.34. The minimum Gasteiger partial charge on any atom is -0.546 e. The Morgan fingerprint density at radius 2 is 0.761 bits per heavy atom. The van der Waals surface area contributed by atoms with Crippen LogP contribution in [0.15, 0.2) is 115 Å². The van der Waals surface area contributed by atoms with Crippen molar-refractivity contribution in [2.45, 2.75) is 137 Å². The zero-order valence-electron chi connectivity index (χ0n) is 51.3. The van der Waals surface area contributed by atoms with E-state index < -0.39 is 54.2 Å². The van der Waals surface area contributed by atoms with Gasteiger partial charge in [0.15, 0.2) is 29.9 Å². The number of aliphatic carboxylic acids is 3. The van der Waals surface area contributed by atoms with Crippen molar-refractivity contribution in [2.24, 2.45) is 11.8 Å². The number of hydrogen-bond donors (Lipinski definition) is 1. The minimum atomic E-state index is -1.19. The number of carbonyl (C=O) groups is 5. The standard InChI is InChI=1S/C14H19ClO3.C13H17ClO3.2C12H15ClO3.C9H8ClFO3.2Na.5H2S/c1-10(2)4-9-13(14(16)17-3)18-12-7-5-11(15)6-8-12;1-3-4-5-12(13(15)16-2)17-11-8-6-10(14)7-9-11;1-8(2)7-11(12(14)15)16-10-5-3-9(13)4-6-10;1-2-3-4-11(12(14)15)16-10-7-5-9(13)6-8-10;1-5(9(12)13)14-8-3-2-6(10)4-7(8)11;;;;;;;/h5-8,10,13H,4,9H2,1-3H3;6-9,12H,3-5H2,1-2H3;3-6,8,11H,7H2,1-2H3,(H,14,15);5-8,11H,2-4H2,1H3,(H,14,15);2-5H,1H3,(H,12,13);;;5*1H2/q;;;;;2*+1;;;;;/p-2/t13-;12-;2*11-;5-;;;;;;;/m00000......./s1. The summed E-state index contributed by atoms with van der Waals surface area (Å²) in [5, 5.41) is 32.9. The molecule has 5 rings (SSSR count). The maximum atomic E-state index is 13.1. The van der Waals surface area contributed by atoms with Gasteiger partial charge in [-0.15, -0.1) is 0 Å². The first kappa shape index (κ1) is 99.1. The van der Waals surface area contributed by atoms with Gasteiger partial charge in [0.25, 0.3) is 0 Å². The van der Waals surface area contributed by atoms with Gasteiger partial charge in [-0.2, -0.15) is 67.5 Å². The molecular formula is C60H82Cl5FNa2O15S5. The normalized spacial score (nSPS) is 11.2. The Labute approximate surface area is 622 Å². The number of halogens is 6. The van der Waals surface area contributed by atoms with Crippen molar-refractivity contribution in [3.05, 3.63) is 146 Å². The molecule has 0 aliphatic rings. The van der Waals surface area contributed by atoms with Crippen LogP contribution in [0.3, 0.4) is 0 Å². The van der Waals surface area contributed by atoms with Crippen molar-refractivity contribution in [3.8, 4) is 28.7 Å². The van der Waals surface area contributed by atoms with E-state index in [4.69, 9.17) is 96.3 Å². The number of ether oxygens (including phenoxy) is 7. The second kappa shape index (κ2) is 57.3. The van der Waals surface area contributed by atoms with E-state index in [1.165, 1.54) is 33.3 Å². The Morgan fingerprint density at radius 3 is 1.05 bits per heavy atom. The monoisotopic (exact) mass is 1440 g/mol. The van der Waals surface area contributed by atoms with Crippen molar-refractivity contribution in [2.75, 3.05) is 14.2 Å². The van der Waals surface area contributed by atoms with Crippen LogP contribution in [0.4, 0.5) is 4.39 Å². The van der Waals surface area contributed by atoms with Crippen LogP contribution < -0.4 is 93.0 Å². The zero-order valence-corrected chi connectivity index (χ0v) is 64.1. The molecule has 1 N–H and O–H groups in total. The average molecular weight is 1450 g/mol. The van der Waals surface area contributed by atoms with Gasteiger partial charge in [-0.3, -0.25) is 0 Å². The Hall–Kier alpha value is -2.42. The summed E-state index contributed by atoms with van der Waals surface area (Å²) in [7, 11) is 2.74. The second-order valence-electron chi connectivity index (χ2n) is 18.5. The first-order valence-corrected chi connectivity index (χ1v) is 27.8. The van der Waals surface area contributed by atoms with E-state index >= 15 is 0 Å². The first-order valence-electron chi connectivity index (χ1n) is 25.9. The molecule has 0 heterocycles. The molecular weight excluding hydrogens is 1360 g/mol. The van der Waals surface area contributed by atoms with Crippen molar-refractivity contribution in [3.63, 3.8) is 0 Å². The first-order chi connectivity index (χ1) is 38.3. The molecule has 0 saturated carbocycles. The van der Waals surface area contributed by atoms with Gasteiger partial charge in [0.1, 0.15) is 35.2 Å². The molecule has 15 nitrogen and oxygen atoms in total. The van der Waals surface area contributed by atoms with E-state index in [0.29, 0.717) is 74.7 Å². The molecule has 486 valence electrons. The fourth-order valence-corrected chi connectivity index (χ4v) is 7.01. The van der Waals surface area contributed by atoms with Crippen molar-refractivity contribution in [1.82, 2.24) is 0 Å². The van der Waals surface area contributed by atoms with E-state index in [9.17, 15) is 38.6 Å². The number of unbranched alkanes of at least 4 members (excludes halogenated alkanes) is 2. The van der Waals surface area contributed by atoms with Crippen LogP contribution in [0.25, 0.3) is 0 Å². The largest absolute Gasteiger partial charge is 1.00 e.